The molecule has 0 saturated carbocycles. The van der Waals surface area contributed by atoms with Gasteiger partial charge in [0.05, 0.1) is 16.2 Å². The van der Waals surface area contributed by atoms with E-state index in [1.165, 1.54) is 17.1 Å². The third kappa shape index (κ3) is 4.18. The van der Waals surface area contributed by atoms with Crippen LogP contribution < -0.4 is 0 Å². The van der Waals surface area contributed by atoms with Crippen molar-refractivity contribution in [1.29, 1.82) is 0 Å². The molecule has 19 heavy (non-hydrogen) atoms. The summed E-state index contributed by atoms with van der Waals surface area (Å²) >= 11 is 4.11. The van der Waals surface area contributed by atoms with Crippen molar-refractivity contribution < 1.29 is 9.53 Å². The summed E-state index contributed by atoms with van der Waals surface area (Å²) in [5, 5.41) is 0. The summed E-state index contributed by atoms with van der Waals surface area (Å²) in [7, 11) is 0. The average Bonchev–Trinajstić information content (AvgIpc) is 2.85. The van der Waals surface area contributed by atoms with Crippen LogP contribution in [-0.2, 0) is 11.2 Å². The normalized spacial score (nSPS) is 17.4. The summed E-state index contributed by atoms with van der Waals surface area (Å²) in [4.78, 5) is 11.7. The van der Waals surface area contributed by atoms with Crippen molar-refractivity contribution in [2.75, 3.05) is 18.1 Å². The van der Waals surface area contributed by atoms with Gasteiger partial charge in [0, 0.05) is 11.5 Å². The molecule has 2 rings (SSSR count). The van der Waals surface area contributed by atoms with Gasteiger partial charge in [-0.15, -0.1) is 23.5 Å². The highest BCUT2D eigenvalue weighted by Gasteiger charge is 2.29. The van der Waals surface area contributed by atoms with Crippen LogP contribution in [0.2, 0.25) is 0 Å². The fourth-order valence-electron chi connectivity index (χ4n) is 2.14. The molecule has 4 heteroatoms. The lowest BCUT2D eigenvalue weighted by atomic mass is 10.1. The second kappa shape index (κ2) is 6.71. The van der Waals surface area contributed by atoms with Crippen molar-refractivity contribution in [1.82, 2.24) is 0 Å². The topological polar surface area (TPSA) is 26.3 Å². The van der Waals surface area contributed by atoms with Gasteiger partial charge in [-0.2, -0.15) is 0 Å². The third-order valence-electron chi connectivity index (χ3n) is 3.20. The van der Waals surface area contributed by atoms with Crippen molar-refractivity contribution >= 4 is 29.5 Å². The minimum absolute atomic E-state index is 0.222. The molecule has 0 spiro atoms. The van der Waals surface area contributed by atoms with Crippen molar-refractivity contribution in [3.05, 3.63) is 35.4 Å². The Morgan fingerprint density at radius 2 is 2.11 bits per heavy atom. The molecule has 0 unspecified atom stereocenters. The number of hydrogen-bond donors (Lipinski definition) is 0. The SMILES string of the molecule is CCOC(=O)c1cccc(CCC2(C)SCCS2)c1. The van der Waals surface area contributed by atoms with E-state index in [-0.39, 0.29) is 5.97 Å². The smallest absolute Gasteiger partial charge is 0.338 e. The molecule has 1 aromatic rings. The third-order valence-corrected chi connectivity index (χ3v) is 6.62. The largest absolute Gasteiger partial charge is 0.462 e. The van der Waals surface area contributed by atoms with Gasteiger partial charge in [-0.25, -0.2) is 4.79 Å². The Labute approximate surface area is 123 Å². The first kappa shape index (κ1) is 14.8. The number of rotatable bonds is 5. The van der Waals surface area contributed by atoms with Crippen molar-refractivity contribution in [3.63, 3.8) is 0 Å². The average molecular weight is 296 g/mol. The van der Waals surface area contributed by atoms with Crippen molar-refractivity contribution in [2.45, 2.75) is 30.8 Å². The van der Waals surface area contributed by atoms with Gasteiger partial charge in [-0.3, -0.25) is 0 Å². The lowest BCUT2D eigenvalue weighted by Gasteiger charge is -2.21. The van der Waals surface area contributed by atoms with Crippen LogP contribution in [0.1, 0.15) is 36.2 Å². The summed E-state index contributed by atoms with van der Waals surface area (Å²) in [6.07, 6.45) is 2.17. The fourth-order valence-corrected chi connectivity index (χ4v) is 5.00. The lowest BCUT2D eigenvalue weighted by Crippen LogP contribution is -2.12. The second-order valence-corrected chi connectivity index (χ2v) is 8.21. The number of aryl methyl sites for hydroxylation is 1. The molecular formula is C15H20O2S2. The van der Waals surface area contributed by atoms with Gasteiger partial charge in [0.1, 0.15) is 0 Å². The number of carbonyl (C=O) groups excluding carboxylic acids is 1. The number of benzene rings is 1. The van der Waals surface area contributed by atoms with E-state index in [2.05, 4.69) is 36.5 Å². The first-order valence-electron chi connectivity index (χ1n) is 6.67. The number of esters is 1. The zero-order valence-corrected chi connectivity index (χ0v) is 13.1. The van der Waals surface area contributed by atoms with Crippen LogP contribution in [-0.4, -0.2) is 28.2 Å². The zero-order valence-electron chi connectivity index (χ0n) is 11.5. The highest BCUT2D eigenvalue weighted by atomic mass is 32.2. The summed E-state index contributed by atoms with van der Waals surface area (Å²) < 4.78 is 5.38. The Morgan fingerprint density at radius 1 is 1.37 bits per heavy atom. The van der Waals surface area contributed by atoms with E-state index in [0.717, 1.165) is 12.8 Å². The summed E-state index contributed by atoms with van der Waals surface area (Å²) in [5.41, 5.74) is 1.89. The van der Waals surface area contributed by atoms with E-state index in [9.17, 15) is 4.79 Å². The first-order valence-corrected chi connectivity index (χ1v) is 8.64. The standard InChI is InChI=1S/C15H20O2S2/c1-3-17-14(16)13-6-4-5-12(11-13)7-8-15(2)18-9-10-19-15/h4-6,11H,3,7-10H2,1-2H3. The number of hydrogen-bond acceptors (Lipinski definition) is 4. The highest BCUT2D eigenvalue weighted by molar-refractivity contribution is 8.21. The van der Waals surface area contributed by atoms with Gasteiger partial charge in [-0.05, 0) is 44.4 Å². The quantitative estimate of drug-likeness (QED) is 0.767. The van der Waals surface area contributed by atoms with Gasteiger partial charge in [0.2, 0.25) is 0 Å². The minimum Gasteiger partial charge on any atom is -0.462 e. The molecular weight excluding hydrogens is 276 g/mol. The van der Waals surface area contributed by atoms with Crippen LogP contribution in [0.4, 0.5) is 0 Å². The molecule has 2 nitrogen and oxygen atoms in total. The summed E-state index contributed by atoms with van der Waals surface area (Å²) in [6, 6.07) is 7.82. The molecule has 1 aliphatic heterocycles. The van der Waals surface area contributed by atoms with E-state index in [1.54, 1.807) is 0 Å². The molecule has 1 saturated heterocycles. The zero-order chi connectivity index (χ0) is 13.7. The maximum absolute atomic E-state index is 11.7. The number of ether oxygens (including phenoxy) is 1. The van der Waals surface area contributed by atoms with Crippen molar-refractivity contribution in [2.24, 2.45) is 0 Å². The van der Waals surface area contributed by atoms with Gasteiger partial charge in [0.25, 0.3) is 0 Å². The maximum Gasteiger partial charge on any atom is 0.338 e. The Balaban J connectivity index is 1.97. The van der Waals surface area contributed by atoms with Gasteiger partial charge in [-0.1, -0.05) is 12.1 Å². The predicted octanol–water partition coefficient (Wildman–Crippen LogP) is 3.99. The van der Waals surface area contributed by atoms with Crippen LogP contribution >= 0.6 is 23.5 Å². The minimum atomic E-state index is -0.222. The molecule has 0 N–H and O–H groups in total. The van der Waals surface area contributed by atoms with Crippen LogP contribution in [0.15, 0.2) is 24.3 Å². The highest BCUT2D eigenvalue weighted by Crippen LogP contribution is 2.46. The van der Waals surface area contributed by atoms with E-state index >= 15 is 0 Å². The van der Waals surface area contributed by atoms with E-state index in [4.69, 9.17) is 4.74 Å². The molecule has 104 valence electrons. The molecule has 1 heterocycles. The summed E-state index contributed by atoms with van der Waals surface area (Å²) in [5.74, 6) is 2.29. The van der Waals surface area contributed by atoms with E-state index < -0.39 is 0 Å². The van der Waals surface area contributed by atoms with E-state index in [0.29, 0.717) is 16.2 Å². The van der Waals surface area contributed by atoms with Crippen LogP contribution in [0.5, 0.6) is 0 Å². The maximum atomic E-state index is 11.7. The van der Waals surface area contributed by atoms with Crippen LogP contribution in [0, 0.1) is 0 Å². The van der Waals surface area contributed by atoms with Gasteiger partial charge < -0.3 is 4.74 Å². The molecule has 0 bridgehead atoms. The molecule has 1 aromatic carbocycles. The van der Waals surface area contributed by atoms with Crippen molar-refractivity contribution in [3.8, 4) is 0 Å². The molecule has 0 aromatic heterocycles. The molecule has 1 aliphatic rings. The Morgan fingerprint density at radius 3 is 2.79 bits per heavy atom. The molecule has 0 aliphatic carbocycles. The Kier molecular flexibility index (Phi) is 5.22. The molecule has 0 radical (unpaired) electrons. The predicted molar refractivity (Wildman–Crippen MR) is 84.0 cm³/mol. The molecule has 0 atom stereocenters. The van der Waals surface area contributed by atoms with Crippen LogP contribution in [0.25, 0.3) is 0 Å². The lowest BCUT2D eigenvalue weighted by molar-refractivity contribution is 0.0526. The molecule has 1 fully saturated rings. The number of carbonyl (C=O) groups is 1. The monoisotopic (exact) mass is 296 g/mol. The fraction of sp³-hybridized carbons (Fsp3) is 0.533. The first-order chi connectivity index (χ1) is 9.13. The second-order valence-electron chi connectivity index (χ2n) is 4.75. The number of thioether (sulfide) groups is 2. The van der Waals surface area contributed by atoms with Gasteiger partial charge in [0.15, 0.2) is 0 Å². The van der Waals surface area contributed by atoms with Crippen LogP contribution in [0.3, 0.4) is 0 Å². The Hall–Kier alpha value is -0.610. The summed E-state index contributed by atoms with van der Waals surface area (Å²) in [6.45, 7) is 4.58. The molecule has 0 amide bonds. The Bertz CT molecular complexity index is 440. The van der Waals surface area contributed by atoms with Gasteiger partial charge >= 0.3 is 5.97 Å². The van der Waals surface area contributed by atoms with E-state index in [1.807, 2.05) is 25.1 Å².